The lowest BCUT2D eigenvalue weighted by molar-refractivity contribution is -0.181. The van der Waals surface area contributed by atoms with Gasteiger partial charge in [-0.3, -0.25) is 14.4 Å². The molecule has 0 saturated carbocycles. The van der Waals surface area contributed by atoms with Crippen molar-refractivity contribution < 1.29 is 34.4 Å². The van der Waals surface area contributed by atoms with Crippen LogP contribution in [0.5, 0.6) is 0 Å². The molecule has 0 spiro atoms. The van der Waals surface area contributed by atoms with Gasteiger partial charge in [-0.15, -0.1) is 0 Å². The Morgan fingerprint density at radius 2 is 1.50 bits per heavy atom. The van der Waals surface area contributed by atoms with Crippen LogP contribution >= 0.6 is 0 Å². The van der Waals surface area contributed by atoms with E-state index in [1.165, 1.54) is 6.92 Å². The van der Waals surface area contributed by atoms with Crippen molar-refractivity contribution in [1.29, 1.82) is 0 Å². The highest BCUT2D eigenvalue weighted by Gasteiger charge is 2.49. The second-order valence-corrected chi connectivity index (χ2v) is 3.71. The van der Waals surface area contributed by atoms with Crippen molar-refractivity contribution >= 4 is 17.9 Å². The smallest absolute Gasteiger partial charge is 0.310 e. The van der Waals surface area contributed by atoms with Crippen LogP contribution in [0, 0.1) is 17.8 Å². The lowest BCUT2D eigenvalue weighted by Gasteiger charge is -2.35. The molecule has 7 nitrogen and oxygen atoms in total. The first-order valence-electron chi connectivity index (χ1n) is 4.66. The van der Waals surface area contributed by atoms with E-state index in [1.807, 2.05) is 0 Å². The van der Waals surface area contributed by atoms with Crippen LogP contribution in [0.25, 0.3) is 0 Å². The summed E-state index contributed by atoms with van der Waals surface area (Å²) in [6.45, 7) is 1.14. The molecule has 0 amide bonds. The van der Waals surface area contributed by atoms with Crippen LogP contribution < -0.4 is 0 Å². The monoisotopic (exact) mass is 232 g/mol. The van der Waals surface area contributed by atoms with Crippen LogP contribution in [0.1, 0.15) is 6.92 Å². The molecule has 90 valence electrons. The number of aliphatic carboxylic acids is 3. The third-order valence-electron chi connectivity index (χ3n) is 2.75. The summed E-state index contributed by atoms with van der Waals surface area (Å²) in [5.74, 6) is -8.26. The highest BCUT2D eigenvalue weighted by Crippen LogP contribution is 2.32. The van der Waals surface area contributed by atoms with Crippen molar-refractivity contribution in [2.24, 2.45) is 17.8 Å². The van der Waals surface area contributed by atoms with Crippen molar-refractivity contribution in [2.45, 2.75) is 13.0 Å². The fourth-order valence-electron chi connectivity index (χ4n) is 1.91. The summed E-state index contributed by atoms with van der Waals surface area (Å²) < 4.78 is 4.98. The number of ether oxygens (including phenoxy) is 1. The van der Waals surface area contributed by atoms with Crippen molar-refractivity contribution in [3.63, 3.8) is 0 Å². The zero-order valence-corrected chi connectivity index (χ0v) is 8.49. The van der Waals surface area contributed by atoms with Crippen LogP contribution in [0.4, 0.5) is 0 Å². The Bertz CT molecular complexity index is 324. The van der Waals surface area contributed by atoms with E-state index in [0.29, 0.717) is 0 Å². The Hall–Kier alpha value is -1.63. The van der Waals surface area contributed by atoms with Gasteiger partial charge in [-0.1, -0.05) is 0 Å². The number of carboxylic acids is 3. The first kappa shape index (κ1) is 12.4. The minimum atomic E-state index is -1.46. The quantitative estimate of drug-likeness (QED) is 0.600. The maximum Gasteiger partial charge on any atom is 0.310 e. The van der Waals surface area contributed by atoms with E-state index in [9.17, 15) is 14.4 Å². The van der Waals surface area contributed by atoms with Crippen molar-refractivity contribution in [3.8, 4) is 0 Å². The molecule has 0 aromatic rings. The standard InChI is InChI=1S/C9H12O7/c1-3-5(8(12)13)6(9(14)15)4(2-16-3)7(10)11/h3-6H,2H2,1H3,(H,10,11)(H,12,13)(H,14,15). The van der Waals surface area contributed by atoms with Gasteiger partial charge in [0.1, 0.15) is 0 Å². The maximum absolute atomic E-state index is 10.9. The highest BCUT2D eigenvalue weighted by molar-refractivity contribution is 5.86. The molecule has 4 atom stereocenters. The first-order valence-corrected chi connectivity index (χ1v) is 4.66. The zero-order valence-electron chi connectivity index (χ0n) is 8.49. The molecule has 7 heteroatoms. The van der Waals surface area contributed by atoms with Gasteiger partial charge in [0.05, 0.1) is 30.5 Å². The van der Waals surface area contributed by atoms with Gasteiger partial charge >= 0.3 is 17.9 Å². The second-order valence-electron chi connectivity index (χ2n) is 3.71. The molecule has 1 rings (SSSR count). The van der Waals surface area contributed by atoms with Crippen LogP contribution in [0.2, 0.25) is 0 Å². The molecule has 1 fully saturated rings. The van der Waals surface area contributed by atoms with E-state index in [-0.39, 0.29) is 6.61 Å². The van der Waals surface area contributed by atoms with Crippen molar-refractivity contribution in [2.75, 3.05) is 6.61 Å². The van der Waals surface area contributed by atoms with Gasteiger partial charge in [0.2, 0.25) is 0 Å². The molecule has 1 aliphatic heterocycles. The number of rotatable bonds is 3. The van der Waals surface area contributed by atoms with Gasteiger partial charge in [-0.05, 0) is 6.92 Å². The Balaban J connectivity index is 3.06. The minimum absolute atomic E-state index is 0.281. The SMILES string of the molecule is CC1OCC(C(=O)O)C(C(=O)O)C1C(=O)O. The van der Waals surface area contributed by atoms with Crippen LogP contribution in [0.15, 0.2) is 0 Å². The van der Waals surface area contributed by atoms with E-state index >= 15 is 0 Å². The normalized spacial score (nSPS) is 34.3. The van der Waals surface area contributed by atoms with Gasteiger partial charge in [0.25, 0.3) is 0 Å². The largest absolute Gasteiger partial charge is 0.481 e. The van der Waals surface area contributed by atoms with E-state index < -0.39 is 41.8 Å². The fraction of sp³-hybridized carbons (Fsp3) is 0.667. The lowest BCUT2D eigenvalue weighted by Crippen LogP contribution is -2.50. The van der Waals surface area contributed by atoms with Crippen molar-refractivity contribution in [1.82, 2.24) is 0 Å². The number of hydrogen-bond acceptors (Lipinski definition) is 4. The zero-order chi connectivity index (χ0) is 12.5. The predicted octanol–water partition coefficient (Wildman–Crippen LogP) is -0.492. The molecule has 3 N–H and O–H groups in total. The van der Waals surface area contributed by atoms with Crippen molar-refractivity contribution in [3.05, 3.63) is 0 Å². The summed E-state index contributed by atoms with van der Waals surface area (Å²) in [5, 5.41) is 26.6. The van der Waals surface area contributed by atoms with E-state index in [1.54, 1.807) is 0 Å². The molecule has 0 radical (unpaired) electrons. The molecular formula is C9H12O7. The summed E-state index contributed by atoms with van der Waals surface area (Å²) in [6, 6.07) is 0. The average Bonchev–Trinajstić information content (AvgIpc) is 2.15. The summed E-state index contributed by atoms with van der Waals surface area (Å²) in [4.78, 5) is 32.7. The Morgan fingerprint density at radius 1 is 1.00 bits per heavy atom. The van der Waals surface area contributed by atoms with Gasteiger partial charge in [-0.2, -0.15) is 0 Å². The van der Waals surface area contributed by atoms with E-state index in [2.05, 4.69) is 0 Å². The Kier molecular flexibility index (Phi) is 3.48. The van der Waals surface area contributed by atoms with Crippen LogP contribution in [-0.2, 0) is 19.1 Å². The number of hydrogen-bond donors (Lipinski definition) is 3. The van der Waals surface area contributed by atoms with E-state index in [4.69, 9.17) is 20.1 Å². The first-order chi connectivity index (χ1) is 7.36. The Morgan fingerprint density at radius 3 is 1.88 bits per heavy atom. The number of carboxylic acid groups (broad SMARTS) is 3. The third kappa shape index (κ3) is 2.13. The predicted molar refractivity (Wildman–Crippen MR) is 48.8 cm³/mol. The Labute approximate surface area is 90.6 Å². The molecule has 1 aliphatic rings. The van der Waals surface area contributed by atoms with Crippen LogP contribution in [0.3, 0.4) is 0 Å². The van der Waals surface area contributed by atoms with Gasteiger partial charge in [0.15, 0.2) is 0 Å². The molecule has 4 unspecified atom stereocenters. The van der Waals surface area contributed by atoms with Crippen LogP contribution in [-0.4, -0.2) is 45.9 Å². The third-order valence-corrected chi connectivity index (χ3v) is 2.75. The average molecular weight is 232 g/mol. The molecule has 1 heterocycles. The molecule has 0 aliphatic carbocycles. The number of carbonyl (C=O) groups is 3. The maximum atomic E-state index is 10.9. The molecule has 1 saturated heterocycles. The topological polar surface area (TPSA) is 121 Å². The molecule has 16 heavy (non-hydrogen) atoms. The molecular weight excluding hydrogens is 220 g/mol. The van der Waals surface area contributed by atoms with Gasteiger partial charge in [-0.25, -0.2) is 0 Å². The summed E-state index contributed by atoms with van der Waals surface area (Å²) in [5.41, 5.74) is 0. The molecule has 0 aromatic carbocycles. The molecule has 0 aromatic heterocycles. The lowest BCUT2D eigenvalue weighted by atomic mass is 9.77. The highest BCUT2D eigenvalue weighted by atomic mass is 16.5. The summed E-state index contributed by atoms with van der Waals surface area (Å²) in [7, 11) is 0. The second kappa shape index (κ2) is 4.48. The summed E-state index contributed by atoms with van der Waals surface area (Å²) >= 11 is 0. The summed E-state index contributed by atoms with van der Waals surface area (Å²) in [6.07, 6.45) is -0.811. The fourth-order valence-corrected chi connectivity index (χ4v) is 1.91. The van der Waals surface area contributed by atoms with Gasteiger partial charge in [0, 0.05) is 0 Å². The minimum Gasteiger partial charge on any atom is -0.481 e. The van der Waals surface area contributed by atoms with Gasteiger partial charge < -0.3 is 20.1 Å². The van der Waals surface area contributed by atoms with E-state index in [0.717, 1.165) is 0 Å². The molecule has 0 bridgehead atoms.